The summed E-state index contributed by atoms with van der Waals surface area (Å²) in [5.74, 6) is 3.41. The zero-order chi connectivity index (χ0) is 15.8. The van der Waals surface area contributed by atoms with Crippen LogP contribution in [0.3, 0.4) is 0 Å². The first kappa shape index (κ1) is 16.1. The van der Waals surface area contributed by atoms with E-state index in [1.165, 1.54) is 5.56 Å². The topological polar surface area (TPSA) is 59.1 Å². The van der Waals surface area contributed by atoms with Gasteiger partial charge in [0.2, 0.25) is 0 Å². The van der Waals surface area contributed by atoms with Gasteiger partial charge in [-0.15, -0.1) is 0 Å². The number of nitrogens with zero attached hydrogens (tertiary/aromatic N) is 2. The van der Waals surface area contributed by atoms with Crippen molar-refractivity contribution in [3.05, 3.63) is 41.7 Å². The van der Waals surface area contributed by atoms with Gasteiger partial charge >= 0.3 is 0 Å². The van der Waals surface area contributed by atoms with Gasteiger partial charge in [0.25, 0.3) is 0 Å². The Morgan fingerprint density at radius 1 is 1.05 bits per heavy atom. The molecule has 0 atom stereocenters. The fraction of sp³-hybridized carbons (Fsp3) is 0.412. The highest BCUT2D eigenvalue weighted by atomic mass is 16.5. The fourth-order valence-corrected chi connectivity index (χ4v) is 2.24. The van der Waals surface area contributed by atoms with E-state index in [0.29, 0.717) is 0 Å². The summed E-state index contributed by atoms with van der Waals surface area (Å²) < 4.78 is 5.37. The van der Waals surface area contributed by atoms with Crippen LogP contribution in [0.1, 0.15) is 24.7 Å². The standard InChI is InChI=1S/C17H24N4O/c1-4-10-18-16-12-17(21-13(2)20-16)19-11-9-14-7-5-6-8-15(14)22-3/h5-8,12H,4,9-11H2,1-3H3,(H2,18,19,20,21). The predicted molar refractivity (Wildman–Crippen MR) is 90.7 cm³/mol. The van der Waals surface area contributed by atoms with Gasteiger partial charge in [-0.1, -0.05) is 25.1 Å². The first-order valence-electron chi connectivity index (χ1n) is 7.68. The van der Waals surface area contributed by atoms with E-state index in [9.17, 15) is 0 Å². The molecule has 0 fully saturated rings. The minimum atomic E-state index is 0.765. The Kier molecular flexibility index (Phi) is 6.01. The number of benzene rings is 1. The number of hydrogen-bond donors (Lipinski definition) is 2. The maximum atomic E-state index is 5.37. The molecular weight excluding hydrogens is 276 g/mol. The van der Waals surface area contributed by atoms with Crippen molar-refractivity contribution in [1.82, 2.24) is 9.97 Å². The molecule has 22 heavy (non-hydrogen) atoms. The third kappa shape index (κ3) is 4.62. The number of ether oxygens (including phenoxy) is 1. The second-order valence-corrected chi connectivity index (χ2v) is 5.10. The van der Waals surface area contributed by atoms with Gasteiger partial charge in [-0.25, -0.2) is 9.97 Å². The summed E-state index contributed by atoms with van der Waals surface area (Å²) in [5.41, 5.74) is 1.19. The van der Waals surface area contributed by atoms with Gasteiger partial charge in [0.15, 0.2) is 0 Å². The van der Waals surface area contributed by atoms with Crippen molar-refractivity contribution in [2.75, 3.05) is 30.8 Å². The normalized spacial score (nSPS) is 10.3. The Morgan fingerprint density at radius 2 is 1.73 bits per heavy atom. The Hall–Kier alpha value is -2.30. The number of anilines is 2. The summed E-state index contributed by atoms with van der Waals surface area (Å²) in [6.45, 7) is 5.75. The maximum Gasteiger partial charge on any atom is 0.131 e. The molecule has 0 saturated heterocycles. The lowest BCUT2D eigenvalue weighted by molar-refractivity contribution is 0.410. The third-order valence-corrected chi connectivity index (χ3v) is 3.29. The van der Waals surface area contributed by atoms with Gasteiger partial charge in [-0.05, 0) is 31.4 Å². The molecule has 1 aromatic carbocycles. The van der Waals surface area contributed by atoms with Gasteiger partial charge in [0.05, 0.1) is 7.11 Å². The molecule has 5 nitrogen and oxygen atoms in total. The summed E-state index contributed by atoms with van der Waals surface area (Å²) >= 11 is 0. The van der Waals surface area contributed by atoms with Crippen LogP contribution in [0.4, 0.5) is 11.6 Å². The van der Waals surface area contributed by atoms with Crippen molar-refractivity contribution in [3.63, 3.8) is 0 Å². The van der Waals surface area contributed by atoms with Crippen LogP contribution < -0.4 is 15.4 Å². The van der Waals surface area contributed by atoms with Crippen LogP contribution in [0.2, 0.25) is 0 Å². The summed E-state index contributed by atoms with van der Waals surface area (Å²) in [6.07, 6.45) is 1.95. The maximum absolute atomic E-state index is 5.37. The van der Waals surface area contributed by atoms with E-state index in [0.717, 1.165) is 49.1 Å². The minimum Gasteiger partial charge on any atom is -0.496 e. The monoisotopic (exact) mass is 300 g/mol. The van der Waals surface area contributed by atoms with Crippen molar-refractivity contribution in [2.45, 2.75) is 26.7 Å². The van der Waals surface area contributed by atoms with Gasteiger partial charge in [-0.2, -0.15) is 0 Å². The largest absolute Gasteiger partial charge is 0.496 e. The Bertz CT molecular complexity index is 601. The van der Waals surface area contributed by atoms with Gasteiger partial charge in [0, 0.05) is 19.2 Å². The molecule has 1 heterocycles. The second kappa shape index (κ2) is 8.22. The molecule has 0 radical (unpaired) electrons. The molecule has 0 aliphatic rings. The van der Waals surface area contributed by atoms with Gasteiger partial charge < -0.3 is 15.4 Å². The number of hydrogen-bond acceptors (Lipinski definition) is 5. The molecule has 0 bridgehead atoms. The number of aromatic nitrogens is 2. The number of para-hydroxylation sites is 1. The summed E-state index contributed by atoms with van der Waals surface area (Å²) in [5, 5.41) is 6.65. The van der Waals surface area contributed by atoms with Crippen LogP contribution in [-0.2, 0) is 6.42 Å². The van der Waals surface area contributed by atoms with Crippen LogP contribution in [0.25, 0.3) is 0 Å². The Labute approximate surface area is 132 Å². The highest BCUT2D eigenvalue weighted by molar-refractivity contribution is 5.47. The molecule has 0 saturated carbocycles. The SMILES string of the molecule is CCCNc1cc(NCCc2ccccc2OC)nc(C)n1. The van der Waals surface area contributed by atoms with Crippen molar-refractivity contribution in [2.24, 2.45) is 0 Å². The summed E-state index contributed by atoms with van der Waals surface area (Å²) in [6, 6.07) is 10.0. The zero-order valence-electron chi connectivity index (χ0n) is 13.5. The van der Waals surface area contributed by atoms with E-state index in [2.05, 4.69) is 33.6 Å². The quantitative estimate of drug-likeness (QED) is 0.783. The lowest BCUT2D eigenvalue weighted by atomic mass is 10.1. The molecule has 5 heteroatoms. The molecule has 2 rings (SSSR count). The molecule has 118 valence electrons. The second-order valence-electron chi connectivity index (χ2n) is 5.10. The van der Waals surface area contributed by atoms with Crippen molar-refractivity contribution < 1.29 is 4.74 Å². The van der Waals surface area contributed by atoms with Crippen molar-refractivity contribution in [3.8, 4) is 5.75 Å². The van der Waals surface area contributed by atoms with E-state index in [1.807, 2.05) is 31.2 Å². The summed E-state index contributed by atoms with van der Waals surface area (Å²) in [7, 11) is 1.70. The molecule has 2 aromatic rings. The molecule has 0 amide bonds. The fourth-order valence-electron chi connectivity index (χ4n) is 2.24. The van der Waals surface area contributed by atoms with E-state index >= 15 is 0 Å². The van der Waals surface area contributed by atoms with E-state index in [1.54, 1.807) is 7.11 Å². The van der Waals surface area contributed by atoms with E-state index in [4.69, 9.17) is 4.74 Å². The van der Waals surface area contributed by atoms with Crippen LogP contribution in [0, 0.1) is 6.92 Å². The zero-order valence-corrected chi connectivity index (χ0v) is 13.5. The highest BCUT2D eigenvalue weighted by Gasteiger charge is 2.03. The molecule has 2 N–H and O–H groups in total. The number of aryl methyl sites for hydroxylation is 1. The molecule has 0 spiro atoms. The molecule has 0 aliphatic heterocycles. The average molecular weight is 300 g/mol. The van der Waals surface area contributed by atoms with Crippen LogP contribution in [0.5, 0.6) is 5.75 Å². The first-order valence-corrected chi connectivity index (χ1v) is 7.68. The van der Waals surface area contributed by atoms with E-state index in [-0.39, 0.29) is 0 Å². The molecule has 0 aliphatic carbocycles. The van der Waals surface area contributed by atoms with Crippen LogP contribution in [-0.4, -0.2) is 30.2 Å². The van der Waals surface area contributed by atoms with Crippen LogP contribution in [0.15, 0.2) is 30.3 Å². The lowest BCUT2D eigenvalue weighted by Gasteiger charge is -2.11. The van der Waals surface area contributed by atoms with E-state index < -0.39 is 0 Å². The van der Waals surface area contributed by atoms with Crippen molar-refractivity contribution in [1.29, 1.82) is 0 Å². The van der Waals surface area contributed by atoms with Gasteiger partial charge in [-0.3, -0.25) is 0 Å². The number of rotatable bonds is 8. The predicted octanol–water partition coefficient (Wildman–Crippen LogP) is 3.27. The lowest BCUT2D eigenvalue weighted by Crippen LogP contribution is -2.10. The first-order chi connectivity index (χ1) is 10.7. The van der Waals surface area contributed by atoms with Crippen molar-refractivity contribution >= 4 is 11.6 Å². The smallest absolute Gasteiger partial charge is 0.131 e. The summed E-state index contributed by atoms with van der Waals surface area (Å²) in [4.78, 5) is 8.80. The van der Waals surface area contributed by atoms with Crippen LogP contribution >= 0.6 is 0 Å². The number of nitrogens with one attached hydrogen (secondary N) is 2. The Morgan fingerprint density at radius 3 is 2.41 bits per heavy atom. The molecule has 1 aromatic heterocycles. The molecular formula is C17H24N4O. The Balaban J connectivity index is 1.95. The highest BCUT2D eigenvalue weighted by Crippen LogP contribution is 2.18. The minimum absolute atomic E-state index is 0.765. The number of methoxy groups -OCH3 is 1. The molecule has 0 unspecified atom stereocenters. The average Bonchev–Trinajstić information content (AvgIpc) is 2.53. The third-order valence-electron chi connectivity index (χ3n) is 3.29. The van der Waals surface area contributed by atoms with Gasteiger partial charge in [0.1, 0.15) is 23.2 Å².